The molecule has 1 N–H and O–H groups in total. The predicted molar refractivity (Wildman–Crippen MR) is 138 cm³/mol. The van der Waals surface area contributed by atoms with Gasteiger partial charge >= 0.3 is 0 Å². The van der Waals surface area contributed by atoms with E-state index in [9.17, 15) is 9.18 Å². The quantitative estimate of drug-likeness (QED) is 0.117. The maximum absolute atomic E-state index is 13.2. The fraction of sp³-hybridized carbons (Fsp3) is 0.0667. The second kappa shape index (κ2) is 10.9. The normalized spacial score (nSPS) is 11.3. The number of nitrogens with zero attached hydrogens (tertiary/aromatic N) is 1. The van der Waals surface area contributed by atoms with E-state index in [-0.39, 0.29) is 37.5 Å². The van der Waals surface area contributed by atoms with Crippen LogP contribution in [0.3, 0.4) is 0 Å². The predicted octanol–water partition coefficient (Wildman–Crippen LogP) is 8.04. The summed E-state index contributed by atoms with van der Waals surface area (Å²) in [6, 6.07) is 25.3. The number of hydrogen-bond acceptors (Lipinski definition) is 5. The van der Waals surface area contributed by atoms with Gasteiger partial charge < -0.3 is 18.9 Å². The molecule has 7 heteroatoms. The van der Waals surface area contributed by atoms with E-state index in [0.717, 1.165) is 44.1 Å². The Labute approximate surface area is 225 Å². The summed E-state index contributed by atoms with van der Waals surface area (Å²) in [6.45, 7) is 2.85. The molecule has 187 valence electrons. The van der Waals surface area contributed by atoms with E-state index in [1.807, 2.05) is 48.5 Å². The van der Waals surface area contributed by atoms with Crippen LogP contribution in [-0.2, 0) is 24.9 Å². The zero-order valence-corrected chi connectivity index (χ0v) is 22.3. The molecule has 0 fully saturated rings. The summed E-state index contributed by atoms with van der Waals surface area (Å²) < 4.78 is 25.2. The van der Waals surface area contributed by atoms with E-state index in [1.54, 1.807) is 18.3 Å². The SMILES string of the molecule is CC(=O)/C=C(/C)O.Fc1ccc(-c2cc3cc(-c4[c-]ccc5c4oc4ccccc45)ncc3o2)cc1.[Ir]. The number of halogens is 1. The number of aliphatic hydroxyl groups excluding tert-OH is 1. The molecule has 3 aromatic heterocycles. The van der Waals surface area contributed by atoms with Crippen molar-refractivity contribution in [2.45, 2.75) is 13.8 Å². The van der Waals surface area contributed by atoms with Crippen molar-refractivity contribution >= 4 is 38.7 Å². The van der Waals surface area contributed by atoms with Crippen LogP contribution in [0, 0.1) is 11.9 Å². The van der Waals surface area contributed by atoms with Crippen LogP contribution < -0.4 is 0 Å². The van der Waals surface area contributed by atoms with Gasteiger partial charge in [0.05, 0.1) is 17.5 Å². The van der Waals surface area contributed by atoms with E-state index < -0.39 is 0 Å². The van der Waals surface area contributed by atoms with Crippen LogP contribution in [-0.4, -0.2) is 15.9 Å². The fourth-order valence-electron chi connectivity index (χ4n) is 4.01. The van der Waals surface area contributed by atoms with Crippen LogP contribution in [0.5, 0.6) is 0 Å². The molecule has 37 heavy (non-hydrogen) atoms. The number of hydrogen-bond donors (Lipinski definition) is 1. The summed E-state index contributed by atoms with van der Waals surface area (Å²) in [5.74, 6) is 0.334. The largest absolute Gasteiger partial charge is 0.512 e. The van der Waals surface area contributed by atoms with Gasteiger partial charge in [-0.3, -0.25) is 4.79 Å². The third-order valence-electron chi connectivity index (χ3n) is 5.54. The van der Waals surface area contributed by atoms with Gasteiger partial charge in [0.25, 0.3) is 0 Å². The van der Waals surface area contributed by atoms with Crippen molar-refractivity contribution in [1.82, 2.24) is 4.98 Å². The fourth-order valence-corrected chi connectivity index (χ4v) is 4.01. The molecule has 0 unspecified atom stereocenters. The Hall–Kier alpha value is -4.06. The van der Waals surface area contributed by atoms with E-state index in [4.69, 9.17) is 13.9 Å². The summed E-state index contributed by atoms with van der Waals surface area (Å²) >= 11 is 0. The number of aromatic nitrogens is 1. The molecule has 5 nitrogen and oxygen atoms in total. The summed E-state index contributed by atoms with van der Waals surface area (Å²) in [7, 11) is 0. The standard InChI is InChI=1S/C25H13FNO2.C5H8O2.Ir/c26-17-10-8-15(9-11-17)23-13-16-12-21(27-14-24(16)28-23)20-6-3-5-19-18-4-1-2-7-22(18)29-25(19)20;1-4(6)3-5(2)7;/h1-5,7-14H;3,6H,1-2H3;/q-1;;/b;4-3-;. The van der Waals surface area contributed by atoms with Crippen molar-refractivity contribution in [3.8, 4) is 22.6 Å². The monoisotopic (exact) mass is 671 g/mol. The molecule has 0 spiro atoms. The van der Waals surface area contributed by atoms with Gasteiger partial charge in [-0.05, 0) is 55.9 Å². The molecule has 3 aromatic carbocycles. The van der Waals surface area contributed by atoms with Gasteiger partial charge in [0.1, 0.15) is 17.2 Å². The molecule has 0 saturated heterocycles. The first-order valence-electron chi connectivity index (χ1n) is 11.2. The topological polar surface area (TPSA) is 76.5 Å². The van der Waals surface area contributed by atoms with Gasteiger partial charge in [0, 0.05) is 42.5 Å². The second-order valence-electron chi connectivity index (χ2n) is 8.31. The number of fused-ring (bicyclic) bond motifs is 4. The first kappa shape index (κ1) is 26.0. The molecule has 1 radical (unpaired) electrons. The molecular weight excluding hydrogens is 650 g/mol. The van der Waals surface area contributed by atoms with Crippen molar-refractivity contribution in [3.05, 3.63) is 103 Å². The van der Waals surface area contributed by atoms with Crippen molar-refractivity contribution in [2.24, 2.45) is 0 Å². The number of pyridine rings is 1. The maximum Gasteiger partial charge on any atom is 0.155 e. The molecular formula is C30H21FIrNO4-. The molecule has 6 rings (SSSR count). The number of allylic oxidation sites excluding steroid dienone is 2. The van der Waals surface area contributed by atoms with E-state index in [0.29, 0.717) is 11.3 Å². The first-order chi connectivity index (χ1) is 17.4. The van der Waals surface area contributed by atoms with Crippen molar-refractivity contribution < 1.29 is 43.2 Å². The number of para-hydroxylation sites is 1. The second-order valence-corrected chi connectivity index (χ2v) is 8.31. The van der Waals surface area contributed by atoms with Gasteiger partial charge in [0.15, 0.2) is 11.4 Å². The van der Waals surface area contributed by atoms with Gasteiger partial charge in [0.2, 0.25) is 0 Å². The number of rotatable bonds is 3. The van der Waals surface area contributed by atoms with Crippen molar-refractivity contribution in [1.29, 1.82) is 0 Å². The van der Waals surface area contributed by atoms with Gasteiger partial charge in [-0.15, -0.1) is 18.2 Å². The summed E-state index contributed by atoms with van der Waals surface area (Å²) in [4.78, 5) is 14.6. The number of furan rings is 2. The number of carbonyl (C=O) groups excluding carboxylic acids is 1. The number of benzene rings is 3. The summed E-state index contributed by atoms with van der Waals surface area (Å²) in [5.41, 5.74) is 4.66. The zero-order chi connectivity index (χ0) is 25.2. The molecule has 0 aliphatic carbocycles. The molecule has 0 atom stereocenters. The first-order valence-corrected chi connectivity index (χ1v) is 11.2. The molecule has 0 saturated carbocycles. The summed E-state index contributed by atoms with van der Waals surface area (Å²) in [6.07, 6.45) is 2.87. The Balaban J connectivity index is 0.000000356. The summed E-state index contributed by atoms with van der Waals surface area (Å²) in [5, 5.41) is 11.4. The minimum atomic E-state index is -0.275. The minimum absolute atomic E-state index is 0. The molecule has 0 aliphatic heterocycles. The Morgan fingerprint density at radius 2 is 1.73 bits per heavy atom. The third-order valence-corrected chi connectivity index (χ3v) is 5.54. The molecule has 0 amide bonds. The zero-order valence-electron chi connectivity index (χ0n) is 19.9. The Bertz CT molecular complexity index is 1750. The van der Waals surface area contributed by atoms with Gasteiger partial charge in [-0.25, -0.2) is 4.39 Å². The minimum Gasteiger partial charge on any atom is -0.512 e. The maximum atomic E-state index is 13.2. The number of aliphatic hydroxyl groups is 1. The van der Waals surface area contributed by atoms with Crippen LogP contribution >= 0.6 is 0 Å². The third kappa shape index (κ3) is 5.53. The van der Waals surface area contributed by atoms with E-state index in [2.05, 4.69) is 11.1 Å². The van der Waals surface area contributed by atoms with Crippen LogP contribution in [0.25, 0.3) is 55.5 Å². The van der Waals surface area contributed by atoms with Gasteiger partial charge in [-0.1, -0.05) is 35.2 Å². The Kier molecular flexibility index (Phi) is 7.67. The van der Waals surface area contributed by atoms with E-state index in [1.165, 1.54) is 32.1 Å². The van der Waals surface area contributed by atoms with Crippen molar-refractivity contribution in [2.75, 3.05) is 0 Å². The Morgan fingerprint density at radius 3 is 2.43 bits per heavy atom. The van der Waals surface area contributed by atoms with E-state index >= 15 is 0 Å². The number of ketones is 1. The average Bonchev–Trinajstić information content (AvgIpc) is 3.45. The molecule has 0 aliphatic rings. The average molecular weight is 671 g/mol. The molecule has 3 heterocycles. The molecule has 0 bridgehead atoms. The van der Waals surface area contributed by atoms with Gasteiger partial charge in [-0.2, -0.15) is 0 Å². The van der Waals surface area contributed by atoms with Crippen LogP contribution in [0.15, 0.2) is 99.7 Å². The number of carbonyl (C=O) groups is 1. The van der Waals surface area contributed by atoms with Crippen LogP contribution in [0.4, 0.5) is 4.39 Å². The Morgan fingerprint density at radius 1 is 0.973 bits per heavy atom. The smallest absolute Gasteiger partial charge is 0.155 e. The van der Waals surface area contributed by atoms with Crippen LogP contribution in [0.1, 0.15) is 13.8 Å². The van der Waals surface area contributed by atoms with Crippen molar-refractivity contribution in [3.63, 3.8) is 0 Å². The molecule has 6 aromatic rings. The van der Waals surface area contributed by atoms with Crippen LogP contribution in [0.2, 0.25) is 0 Å².